The number of aliphatic hydroxyl groups excluding tert-OH is 1. The summed E-state index contributed by atoms with van der Waals surface area (Å²) in [5.41, 5.74) is 6.09. The van der Waals surface area contributed by atoms with Crippen molar-refractivity contribution in [3.8, 4) is 28.3 Å². The largest absolute Gasteiger partial charge is 0.481 e. The third kappa shape index (κ3) is 5.85. The minimum atomic E-state index is -0.551. The van der Waals surface area contributed by atoms with Gasteiger partial charge in [-0.25, -0.2) is 14.6 Å². The van der Waals surface area contributed by atoms with Gasteiger partial charge in [0, 0.05) is 59.1 Å². The van der Waals surface area contributed by atoms with E-state index < -0.39 is 6.10 Å². The first kappa shape index (κ1) is 31.5. The fraction of sp³-hybridized carbons (Fsp3) is 0.314. The highest BCUT2D eigenvalue weighted by Crippen LogP contribution is 2.44. The van der Waals surface area contributed by atoms with Crippen LogP contribution in [0.5, 0.6) is 5.88 Å². The van der Waals surface area contributed by atoms with Gasteiger partial charge < -0.3 is 25.2 Å². The first-order valence-corrected chi connectivity index (χ1v) is 16.3. The number of rotatable bonds is 7. The molecule has 47 heavy (non-hydrogen) atoms. The van der Waals surface area contributed by atoms with E-state index >= 15 is 0 Å². The lowest BCUT2D eigenvalue weighted by Gasteiger charge is -2.31. The van der Waals surface area contributed by atoms with Gasteiger partial charge in [-0.3, -0.25) is 4.79 Å². The van der Waals surface area contributed by atoms with Gasteiger partial charge in [0.1, 0.15) is 5.82 Å². The molecule has 0 saturated carbocycles. The van der Waals surface area contributed by atoms with Gasteiger partial charge >= 0.3 is 0 Å². The van der Waals surface area contributed by atoms with Gasteiger partial charge in [0.2, 0.25) is 5.88 Å². The first-order chi connectivity index (χ1) is 22.7. The molecule has 10 nitrogen and oxygen atoms in total. The molecule has 0 radical (unpaired) electrons. The van der Waals surface area contributed by atoms with Crippen molar-refractivity contribution in [3.63, 3.8) is 0 Å². The lowest BCUT2D eigenvalue weighted by Crippen LogP contribution is -2.47. The number of aromatic nitrogens is 4. The third-order valence-electron chi connectivity index (χ3n) is 8.97. The zero-order chi connectivity index (χ0) is 32.8. The smallest absolute Gasteiger partial charge is 0.278 e. The number of nitrogens with one attached hydrogen (secondary N) is 2. The Morgan fingerprint density at radius 3 is 2.60 bits per heavy atom. The number of nitrogens with zero attached hydrogens (tertiary/aromatic N) is 4. The topological polar surface area (TPSA) is 123 Å². The maximum absolute atomic E-state index is 13.0. The summed E-state index contributed by atoms with van der Waals surface area (Å²) in [7, 11) is 3.23. The zero-order valence-electron chi connectivity index (χ0n) is 26.2. The maximum atomic E-state index is 13.0. The van der Waals surface area contributed by atoms with Crippen LogP contribution in [0.4, 0.5) is 11.5 Å². The summed E-state index contributed by atoms with van der Waals surface area (Å²) in [5.74, 6) is 0.939. The van der Waals surface area contributed by atoms with Crippen molar-refractivity contribution in [1.29, 1.82) is 0 Å². The molecule has 5 aromatic rings. The van der Waals surface area contributed by atoms with Crippen LogP contribution in [0.2, 0.25) is 10.0 Å². The Bertz CT molecular complexity index is 2070. The van der Waals surface area contributed by atoms with Gasteiger partial charge in [-0.05, 0) is 49.9 Å². The Morgan fingerprint density at radius 2 is 1.81 bits per heavy atom. The van der Waals surface area contributed by atoms with E-state index in [1.807, 2.05) is 49.4 Å². The predicted octanol–water partition coefficient (Wildman–Crippen LogP) is 6.15. The molecule has 1 fully saturated rings. The summed E-state index contributed by atoms with van der Waals surface area (Å²) < 4.78 is 12.5. The molecule has 1 saturated heterocycles. The van der Waals surface area contributed by atoms with E-state index in [-0.39, 0.29) is 17.6 Å². The second-order valence-corrected chi connectivity index (χ2v) is 12.7. The molecule has 0 spiro atoms. The number of aryl methyl sites for hydroxylation is 3. The third-order valence-corrected chi connectivity index (χ3v) is 9.78. The average Bonchev–Trinajstić information content (AvgIpc) is 3.47. The summed E-state index contributed by atoms with van der Waals surface area (Å²) in [6, 6.07) is 15.3. The molecule has 1 aliphatic heterocycles. The van der Waals surface area contributed by atoms with Crippen LogP contribution in [0.3, 0.4) is 0 Å². The van der Waals surface area contributed by atoms with Gasteiger partial charge in [-0.15, -0.1) is 0 Å². The highest BCUT2D eigenvalue weighted by atomic mass is 35.5. The molecule has 0 unspecified atom stereocenters. The molecule has 7 rings (SSSR count). The molecule has 242 valence electrons. The van der Waals surface area contributed by atoms with E-state index in [2.05, 4.69) is 26.8 Å². The van der Waals surface area contributed by atoms with Crippen molar-refractivity contribution in [2.45, 2.75) is 44.4 Å². The van der Waals surface area contributed by atoms with Gasteiger partial charge in [-0.1, -0.05) is 53.5 Å². The van der Waals surface area contributed by atoms with Gasteiger partial charge in [-0.2, -0.15) is 5.10 Å². The molecule has 4 heterocycles. The van der Waals surface area contributed by atoms with Crippen molar-refractivity contribution in [1.82, 2.24) is 25.1 Å². The molecule has 3 atom stereocenters. The zero-order valence-corrected chi connectivity index (χ0v) is 27.7. The van der Waals surface area contributed by atoms with Crippen LogP contribution >= 0.6 is 23.2 Å². The van der Waals surface area contributed by atoms with Crippen LogP contribution in [-0.4, -0.2) is 57.3 Å². The molecule has 2 aromatic carbocycles. The van der Waals surface area contributed by atoms with Gasteiger partial charge in [0.05, 0.1) is 52.8 Å². The standard InChI is InChI=1S/C35H34Cl2N6O4/c1-18-14-20-16-38-43(2)35(45)30(20)33(39-18)41-26-9-5-7-22(32(26)37)21-6-4-8-23(31(21)36)27-15-19-10-11-25(29(19)34(42-27)46-3)40-24-12-13-47-17-28(24)44/h4-9,14-16,24-25,28,40,44H,10-13,17H2,1-3H3,(H,39,41)/t24-,25+,28-/m1/s1. The Hall–Kier alpha value is -4.06. The SMILES string of the molecule is COc1nc(-c2cccc(-c3cccc(Nc4nc(C)cc5cnn(C)c(=O)c45)c3Cl)c2Cl)cc2c1[C@@H](N[C@@H]1CCOC[C@H]1O)CC2. The van der Waals surface area contributed by atoms with Crippen molar-refractivity contribution < 1.29 is 14.6 Å². The summed E-state index contributed by atoms with van der Waals surface area (Å²) in [6.07, 6.45) is 3.56. The van der Waals surface area contributed by atoms with Crippen LogP contribution in [0.1, 0.15) is 35.7 Å². The van der Waals surface area contributed by atoms with Crippen LogP contribution in [0, 0.1) is 6.92 Å². The number of hydrogen-bond acceptors (Lipinski definition) is 9. The Kier molecular flexibility index (Phi) is 8.63. The molecule has 12 heteroatoms. The molecule has 0 amide bonds. The number of fused-ring (bicyclic) bond motifs is 2. The quantitative estimate of drug-likeness (QED) is 0.187. The summed E-state index contributed by atoms with van der Waals surface area (Å²) in [6.45, 7) is 2.82. The van der Waals surface area contributed by atoms with Crippen LogP contribution < -0.4 is 20.9 Å². The van der Waals surface area contributed by atoms with Crippen LogP contribution in [0.15, 0.2) is 59.5 Å². The number of benzene rings is 2. The molecule has 3 aromatic heterocycles. The Labute approximate surface area is 281 Å². The molecular weight excluding hydrogens is 639 g/mol. The number of aliphatic hydroxyl groups is 1. The minimum absolute atomic E-state index is 0.0200. The second kappa shape index (κ2) is 12.9. The van der Waals surface area contributed by atoms with Crippen LogP contribution in [0.25, 0.3) is 33.2 Å². The van der Waals surface area contributed by atoms with Gasteiger partial charge in [0.15, 0.2) is 0 Å². The van der Waals surface area contributed by atoms with E-state index in [9.17, 15) is 9.90 Å². The normalized spacial score (nSPS) is 19.1. The number of hydrogen-bond donors (Lipinski definition) is 3. The van der Waals surface area contributed by atoms with E-state index in [1.54, 1.807) is 20.4 Å². The van der Waals surface area contributed by atoms with Crippen molar-refractivity contribution in [2.24, 2.45) is 7.05 Å². The molecule has 3 N–H and O–H groups in total. The summed E-state index contributed by atoms with van der Waals surface area (Å²) in [4.78, 5) is 22.6. The van der Waals surface area contributed by atoms with Crippen molar-refractivity contribution in [2.75, 3.05) is 25.6 Å². The summed E-state index contributed by atoms with van der Waals surface area (Å²) in [5, 5.41) is 23.6. The second-order valence-electron chi connectivity index (χ2n) is 12.0. The maximum Gasteiger partial charge on any atom is 0.278 e. The Morgan fingerprint density at radius 1 is 1.04 bits per heavy atom. The fourth-order valence-corrected chi connectivity index (χ4v) is 7.22. The highest BCUT2D eigenvalue weighted by Gasteiger charge is 2.33. The predicted molar refractivity (Wildman–Crippen MR) is 184 cm³/mol. The lowest BCUT2D eigenvalue weighted by atomic mass is 9.99. The average molecular weight is 674 g/mol. The monoisotopic (exact) mass is 672 g/mol. The minimum Gasteiger partial charge on any atom is -0.481 e. The summed E-state index contributed by atoms with van der Waals surface area (Å²) >= 11 is 14.2. The van der Waals surface area contributed by atoms with E-state index in [0.717, 1.165) is 47.2 Å². The van der Waals surface area contributed by atoms with E-state index in [0.29, 0.717) is 62.7 Å². The molecule has 2 aliphatic rings. The van der Waals surface area contributed by atoms with E-state index in [4.69, 9.17) is 37.7 Å². The Balaban J connectivity index is 1.23. The first-order valence-electron chi connectivity index (χ1n) is 15.5. The molecule has 1 aliphatic carbocycles. The van der Waals surface area contributed by atoms with Gasteiger partial charge in [0.25, 0.3) is 5.56 Å². The number of anilines is 2. The fourth-order valence-electron chi connectivity index (χ4n) is 6.62. The molecular formula is C35H34Cl2N6O4. The molecule has 0 bridgehead atoms. The van der Waals surface area contributed by atoms with E-state index in [1.165, 1.54) is 4.68 Å². The van der Waals surface area contributed by atoms with Crippen molar-refractivity contribution in [3.05, 3.63) is 91.9 Å². The van der Waals surface area contributed by atoms with Crippen LogP contribution in [-0.2, 0) is 18.2 Å². The number of pyridine rings is 2. The number of halogens is 2. The van der Waals surface area contributed by atoms with Crippen molar-refractivity contribution >= 4 is 45.5 Å². The lowest BCUT2D eigenvalue weighted by molar-refractivity contribution is -0.0304. The highest BCUT2D eigenvalue weighted by molar-refractivity contribution is 6.39. The number of methoxy groups -OCH3 is 1. The number of ether oxygens (including phenoxy) is 2.